The van der Waals surface area contributed by atoms with Gasteiger partial charge in [-0.1, -0.05) is 69.2 Å². The summed E-state index contributed by atoms with van der Waals surface area (Å²) in [6.45, 7) is 4.42. The minimum atomic E-state index is -0.308. The number of nitrogens with one attached hydrogen (secondary N) is 1. The largest absolute Gasteiger partial charge is 0.449 e. The number of fused-ring (bicyclic) bond motifs is 1. The van der Waals surface area contributed by atoms with Crippen molar-refractivity contribution in [2.75, 3.05) is 11.4 Å². The topological polar surface area (TPSA) is 58.6 Å². The Morgan fingerprint density at radius 2 is 1.83 bits per heavy atom. The maximum Gasteiger partial charge on any atom is 0.294 e. The first-order valence-corrected chi connectivity index (χ1v) is 10.7. The Morgan fingerprint density at radius 1 is 1.10 bits per heavy atom. The zero-order valence-electron chi connectivity index (χ0n) is 17.5. The van der Waals surface area contributed by atoms with Crippen molar-refractivity contribution in [1.29, 1.82) is 0 Å². The van der Waals surface area contributed by atoms with Gasteiger partial charge in [-0.3, -0.25) is 14.5 Å². The Morgan fingerprint density at radius 3 is 2.63 bits per heavy atom. The van der Waals surface area contributed by atoms with E-state index in [0.717, 1.165) is 18.4 Å². The highest BCUT2D eigenvalue weighted by Gasteiger charge is 2.33. The fraction of sp³-hybridized carbons (Fsp3) is 0.360. The molecule has 0 aromatic heterocycles. The summed E-state index contributed by atoms with van der Waals surface area (Å²) in [5, 5.41) is 3.17. The highest BCUT2D eigenvalue weighted by atomic mass is 16.5. The van der Waals surface area contributed by atoms with E-state index in [2.05, 4.69) is 19.2 Å². The van der Waals surface area contributed by atoms with Crippen LogP contribution in [0.4, 0.5) is 5.69 Å². The van der Waals surface area contributed by atoms with Crippen LogP contribution in [0.2, 0.25) is 0 Å². The van der Waals surface area contributed by atoms with Crippen molar-refractivity contribution >= 4 is 23.6 Å². The molecular formula is C25H28N2O3. The van der Waals surface area contributed by atoms with Crippen LogP contribution in [0.25, 0.3) is 6.08 Å². The van der Waals surface area contributed by atoms with Crippen LogP contribution in [0, 0.1) is 11.8 Å². The molecule has 3 atom stereocenters. The maximum atomic E-state index is 13.2. The molecule has 3 unspecified atom stereocenters. The zero-order chi connectivity index (χ0) is 21.1. The molecule has 0 bridgehead atoms. The molecule has 1 fully saturated rings. The molecule has 2 aromatic rings. The van der Waals surface area contributed by atoms with Gasteiger partial charge in [-0.25, -0.2) is 0 Å². The summed E-state index contributed by atoms with van der Waals surface area (Å²) in [5.41, 5.74) is 1.49. The lowest BCUT2D eigenvalue weighted by Gasteiger charge is -2.35. The number of carbonyl (C=O) groups is 2. The summed E-state index contributed by atoms with van der Waals surface area (Å²) < 4.78 is 5.88. The van der Waals surface area contributed by atoms with Gasteiger partial charge in [0.1, 0.15) is 6.54 Å². The van der Waals surface area contributed by atoms with Crippen LogP contribution in [0.5, 0.6) is 5.75 Å². The second-order valence-electron chi connectivity index (χ2n) is 8.32. The summed E-state index contributed by atoms with van der Waals surface area (Å²) in [4.78, 5) is 27.6. The third-order valence-corrected chi connectivity index (χ3v) is 6.28. The van der Waals surface area contributed by atoms with Gasteiger partial charge in [0.05, 0.1) is 5.69 Å². The lowest BCUT2D eigenvalue weighted by molar-refractivity contribution is -0.124. The Labute approximate surface area is 177 Å². The highest BCUT2D eigenvalue weighted by Crippen LogP contribution is 2.35. The van der Waals surface area contributed by atoms with Crippen LogP contribution in [0.3, 0.4) is 0 Å². The number of anilines is 1. The van der Waals surface area contributed by atoms with Gasteiger partial charge in [0.2, 0.25) is 5.91 Å². The number of benzene rings is 2. The number of nitrogens with zero attached hydrogens (tertiary/aromatic N) is 1. The van der Waals surface area contributed by atoms with E-state index in [1.54, 1.807) is 6.08 Å². The fourth-order valence-electron chi connectivity index (χ4n) is 4.30. The zero-order valence-corrected chi connectivity index (χ0v) is 17.5. The van der Waals surface area contributed by atoms with E-state index >= 15 is 0 Å². The van der Waals surface area contributed by atoms with Crippen molar-refractivity contribution in [2.45, 2.75) is 39.2 Å². The summed E-state index contributed by atoms with van der Waals surface area (Å²) in [7, 11) is 0. The quantitative estimate of drug-likeness (QED) is 0.769. The van der Waals surface area contributed by atoms with Gasteiger partial charge in [-0.15, -0.1) is 0 Å². The first-order valence-electron chi connectivity index (χ1n) is 10.7. The second kappa shape index (κ2) is 8.74. The molecule has 2 amide bonds. The summed E-state index contributed by atoms with van der Waals surface area (Å²) in [6.07, 6.45) is 5.04. The van der Waals surface area contributed by atoms with Gasteiger partial charge >= 0.3 is 0 Å². The van der Waals surface area contributed by atoms with Crippen LogP contribution in [-0.4, -0.2) is 24.4 Å². The second-order valence-corrected chi connectivity index (χ2v) is 8.32. The van der Waals surface area contributed by atoms with Gasteiger partial charge in [0.15, 0.2) is 11.5 Å². The average molecular weight is 405 g/mol. The Bertz CT molecular complexity index is 954. The van der Waals surface area contributed by atoms with E-state index in [9.17, 15) is 9.59 Å². The molecule has 1 aliphatic carbocycles. The van der Waals surface area contributed by atoms with E-state index < -0.39 is 0 Å². The fourth-order valence-corrected chi connectivity index (χ4v) is 4.30. The molecule has 156 valence electrons. The highest BCUT2D eigenvalue weighted by molar-refractivity contribution is 6.12. The number of hydrogen-bond acceptors (Lipinski definition) is 3. The van der Waals surface area contributed by atoms with Gasteiger partial charge in [0, 0.05) is 6.04 Å². The van der Waals surface area contributed by atoms with Crippen molar-refractivity contribution < 1.29 is 14.3 Å². The van der Waals surface area contributed by atoms with Crippen molar-refractivity contribution in [2.24, 2.45) is 11.8 Å². The van der Waals surface area contributed by atoms with Gasteiger partial charge in [0.25, 0.3) is 5.91 Å². The molecule has 4 rings (SSSR count). The molecule has 5 nitrogen and oxygen atoms in total. The van der Waals surface area contributed by atoms with E-state index in [1.807, 2.05) is 54.6 Å². The molecular weight excluding hydrogens is 376 g/mol. The minimum Gasteiger partial charge on any atom is -0.449 e. The standard InChI is InChI=1S/C25H28N2O3/c1-17-9-8-12-20(18(17)2)26-24(28)16-27-21-13-6-7-14-22(21)30-23(25(27)29)15-19-10-4-3-5-11-19/h3-7,10-11,13-15,17-18,20H,8-9,12,16H2,1-2H3,(H,26,28). The number of hydrogen-bond donors (Lipinski definition) is 1. The molecule has 2 aliphatic rings. The number of carbonyl (C=O) groups excluding carboxylic acids is 2. The lowest BCUT2D eigenvalue weighted by atomic mass is 9.78. The van der Waals surface area contributed by atoms with Crippen LogP contribution in [-0.2, 0) is 9.59 Å². The Kier molecular flexibility index (Phi) is 5.88. The smallest absolute Gasteiger partial charge is 0.294 e. The SMILES string of the molecule is CC1CCCC(NC(=O)CN2C(=O)C(=Cc3ccccc3)Oc3ccccc32)C1C. The van der Waals surface area contributed by atoms with E-state index in [0.29, 0.717) is 23.3 Å². The molecule has 0 saturated heterocycles. The number of ether oxygens (including phenoxy) is 1. The van der Waals surface area contributed by atoms with E-state index in [-0.39, 0.29) is 30.2 Å². The number of para-hydroxylation sites is 2. The predicted octanol–water partition coefficient (Wildman–Crippen LogP) is 4.39. The van der Waals surface area contributed by atoms with Crippen LogP contribution in [0.15, 0.2) is 60.4 Å². The van der Waals surface area contributed by atoms with E-state index in [4.69, 9.17) is 4.74 Å². The summed E-state index contributed by atoms with van der Waals surface area (Å²) in [6, 6.07) is 17.0. The van der Waals surface area contributed by atoms with Crippen molar-refractivity contribution in [3.63, 3.8) is 0 Å². The molecule has 1 heterocycles. The first kappa shape index (κ1) is 20.2. The predicted molar refractivity (Wildman–Crippen MR) is 118 cm³/mol. The van der Waals surface area contributed by atoms with Crippen LogP contribution < -0.4 is 15.0 Å². The summed E-state index contributed by atoms with van der Waals surface area (Å²) in [5.74, 6) is 1.38. The third kappa shape index (κ3) is 4.25. The van der Waals surface area contributed by atoms with Crippen molar-refractivity contribution in [3.8, 4) is 5.75 Å². The monoisotopic (exact) mass is 404 g/mol. The first-order chi connectivity index (χ1) is 14.5. The Hall–Kier alpha value is -3.08. The molecule has 30 heavy (non-hydrogen) atoms. The molecule has 0 radical (unpaired) electrons. The number of rotatable bonds is 4. The Balaban J connectivity index is 1.55. The molecule has 5 heteroatoms. The van der Waals surface area contributed by atoms with Gasteiger partial charge < -0.3 is 10.1 Å². The lowest BCUT2D eigenvalue weighted by Crippen LogP contribution is -2.49. The maximum absolute atomic E-state index is 13.2. The molecule has 2 aromatic carbocycles. The molecule has 1 saturated carbocycles. The van der Waals surface area contributed by atoms with Crippen LogP contribution in [0.1, 0.15) is 38.7 Å². The normalized spacial score (nSPS) is 24.9. The van der Waals surface area contributed by atoms with Crippen molar-refractivity contribution in [3.05, 3.63) is 65.9 Å². The number of amides is 2. The molecule has 1 aliphatic heterocycles. The van der Waals surface area contributed by atoms with E-state index in [1.165, 1.54) is 11.3 Å². The molecule has 1 N–H and O–H groups in total. The van der Waals surface area contributed by atoms with Gasteiger partial charge in [-0.2, -0.15) is 0 Å². The van der Waals surface area contributed by atoms with Crippen molar-refractivity contribution in [1.82, 2.24) is 5.32 Å². The third-order valence-electron chi connectivity index (χ3n) is 6.28. The average Bonchev–Trinajstić information content (AvgIpc) is 2.75. The molecule has 0 spiro atoms. The van der Waals surface area contributed by atoms with Gasteiger partial charge in [-0.05, 0) is 42.0 Å². The van der Waals surface area contributed by atoms with Crippen LogP contribution >= 0.6 is 0 Å². The summed E-state index contributed by atoms with van der Waals surface area (Å²) >= 11 is 0. The minimum absolute atomic E-state index is 0.0249.